The fourth-order valence-electron chi connectivity index (χ4n) is 3.91. The number of aryl methyl sites for hydroxylation is 1. The van der Waals surface area contributed by atoms with Gasteiger partial charge in [-0.2, -0.15) is 0 Å². The number of hydrogen-bond acceptors (Lipinski definition) is 0. The third-order valence-corrected chi connectivity index (χ3v) is 8.49. The standard InChI is InChI=1S/C17H25P.Pd/c1-14-8-2-7-13-17(14)18(15-9-3-4-10-15)16-11-5-6-12-16;/h2,7-8,13,15-16H,3-6,9-12H2,1H3;. The van der Waals surface area contributed by atoms with E-state index in [2.05, 4.69) is 31.2 Å². The molecule has 0 aliphatic heterocycles. The summed E-state index contributed by atoms with van der Waals surface area (Å²) in [5.74, 6) is 0. The summed E-state index contributed by atoms with van der Waals surface area (Å²) in [6, 6.07) is 9.24. The minimum atomic E-state index is 0. The average Bonchev–Trinajstić information content (AvgIpc) is 3.05. The van der Waals surface area contributed by atoms with Crippen molar-refractivity contribution in [1.29, 1.82) is 0 Å². The maximum atomic E-state index is 2.44. The van der Waals surface area contributed by atoms with Crippen molar-refractivity contribution in [3.8, 4) is 0 Å². The molecule has 2 aliphatic rings. The van der Waals surface area contributed by atoms with Crippen LogP contribution in [0.2, 0.25) is 0 Å². The van der Waals surface area contributed by atoms with E-state index >= 15 is 0 Å². The van der Waals surface area contributed by atoms with Gasteiger partial charge in [-0.15, -0.1) is 0 Å². The SMILES string of the molecule is Cc1ccccc1P(C1CCCC1)C1CCCC1.[Pd]. The van der Waals surface area contributed by atoms with Crippen molar-refractivity contribution in [3.63, 3.8) is 0 Å². The molecular weight excluding hydrogens is 342 g/mol. The van der Waals surface area contributed by atoms with E-state index in [1.165, 1.54) is 51.4 Å². The van der Waals surface area contributed by atoms with Gasteiger partial charge < -0.3 is 0 Å². The molecule has 0 spiro atoms. The Bertz CT molecular complexity index is 376. The van der Waals surface area contributed by atoms with Gasteiger partial charge in [-0.1, -0.05) is 57.9 Å². The fourth-order valence-corrected chi connectivity index (χ4v) is 7.88. The van der Waals surface area contributed by atoms with E-state index in [9.17, 15) is 0 Å². The first-order chi connectivity index (χ1) is 8.86. The molecule has 0 bridgehead atoms. The average molecular weight is 367 g/mol. The van der Waals surface area contributed by atoms with Crippen LogP contribution in [0.4, 0.5) is 0 Å². The van der Waals surface area contributed by atoms with E-state index < -0.39 is 0 Å². The first-order valence-corrected chi connectivity index (χ1v) is 9.18. The summed E-state index contributed by atoms with van der Waals surface area (Å²) in [4.78, 5) is 0. The minimum Gasteiger partial charge on any atom is -0.0687 e. The van der Waals surface area contributed by atoms with Crippen molar-refractivity contribution in [3.05, 3.63) is 29.8 Å². The summed E-state index contributed by atoms with van der Waals surface area (Å²) < 4.78 is 0. The van der Waals surface area contributed by atoms with E-state index in [-0.39, 0.29) is 28.3 Å². The third kappa shape index (κ3) is 3.50. The van der Waals surface area contributed by atoms with Crippen molar-refractivity contribution in [2.24, 2.45) is 0 Å². The molecule has 0 saturated heterocycles. The van der Waals surface area contributed by atoms with Gasteiger partial charge in [0, 0.05) is 20.4 Å². The molecule has 0 heterocycles. The molecule has 0 amide bonds. The zero-order valence-corrected chi connectivity index (χ0v) is 14.3. The van der Waals surface area contributed by atoms with Crippen molar-refractivity contribution in [2.45, 2.75) is 69.6 Å². The molecule has 0 nitrogen and oxygen atoms in total. The number of benzene rings is 1. The van der Waals surface area contributed by atoms with E-state index in [4.69, 9.17) is 0 Å². The van der Waals surface area contributed by atoms with Crippen LogP contribution in [0, 0.1) is 6.92 Å². The molecule has 0 atom stereocenters. The fraction of sp³-hybridized carbons (Fsp3) is 0.647. The van der Waals surface area contributed by atoms with Crippen molar-refractivity contribution in [2.75, 3.05) is 0 Å². The monoisotopic (exact) mass is 366 g/mol. The van der Waals surface area contributed by atoms with E-state index in [0.29, 0.717) is 0 Å². The first-order valence-electron chi connectivity index (χ1n) is 7.70. The summed E-state index contributed by atoms with van der Waals surface area (Å²) in [5, 5.41) is 1.74. The van der Waals surface area contributed by atoms with Gasteiger partial charge in [0.1, 0.15) is 0 Å². The third-order valence-electron chi connectivity index (χ3n) is 4.83. The molecule has 0 N–H and O–H groups in total. The Kier molecular flexibility index (Phi) is 6.08. The Hall–Kier alpha value is 0.312. The molecular formula is C17H25PPd. The Labute approximate surface area is 133 Å². The van der Waals surface area contributed by atoms with Crippen LogP contribution in [0.1, 0.15) is 56.9 Å². The van der Waals surface area contributed by atoms with E-state index in [0.717, 1.165) is 11.3 Å². The van der Waals surface area contributed by atoms with Gasteiger partial charge in [0.2, 0.25) is 0 Å². The minimum absolute atomic E-state index is 0. The van der Waals surface area contributed by atoms with E-state index in [1.807, 2.05) is 0 Å². The van der Waals surface area contributed by atoms with Gasteiger partial charge in [0.15, 0.2) is 0 Å². The van der Waals surface area contributed by atoms with Crippen LogP contribution in [-0.2, 0) is 20.4 Å². The number of hydrogen-bond donors (Lipinski definition) is 0. The quantitative estimate of drug-likeness (QED) is 0.522. The summed E-state index contributed by atoms with van der Waals surface area (Å²) in [6.07, 6.45) is 12.0. The van der Waals surface area contributed by atoms with Crippen LogP contribution >= 0.6 is 7.92 Å². The van der Waals surface area contributed by atoms with Gasteiger partial charge >= 0.3 is 0 Å². The van der Waals surface area contributed by atoms with Crippen molar-refractivity contribution in [1.82, 2.24) is 0 Å². The molecule has 2 saturated carbocycles. The number of rotatable bonds is 3. The Morgan fingerprint density at radius 3 is 1.79 bits per heavy atom. The van der Waals surface area contributed by atoms with Crippen LogP contribution in [0.15, 0.2) is 24.3 Å². The zero-order valence-electron chi connectivity index (χ0n) is 11.9. The smallest absolute Gasteiger partial charge is 0 e. The summed E-state index contributed by atoms with van der Waals surface area (Å²) >= 11 is 0. The summed E-state index contributed by atoms with van der Waals surface area (Å²) in [7, 11) is 0.121. The van der Waals surface area contributed by atoms with Gasteiger partial charge in [0.05, 0.1) is 0 Å². The maximum absolute atomic E-state index is 2.44. The van der Waals surface area contributed by atoms with Crippen LogP contribution in [-0.4, -0.2) is 11.3 Å². The molecule has 19 heavy (non-hydrogen) atoms. The predicted octanol–water partition coefficient (Wildman–Crippen LogP) is 4.98. The topological polar surface area (TPSA) is 0 Å². The Morgan fingerprint density at radius 2 is 1.32 bits per heavy atom. The van der Waals surface area contributed by atoms with Gasteiger partial charge in [-0.25, -0.2) is 0 Å². The summed E-state index contributed by atoms with van der Waals surface area (Å²) in [5.41, 5.74) is 3.65. The van der Waals surface area contributed by atoms with Crippen LogP contribution in [0.25, 0.3) is 0 Å². The van der Waals surface area contributed by atoms with Crippen LogP contribution < -0.4 is 5.30 Å². The largest absolute Gasteiger partial charge is 0.0687 e. The normalized spacial score (nSPS) is 20.9. The van der Waals surface area contributed by atoms with Gasteiger partial charge in [0.25, 0.3) is 0 Å². The van der Waals surface area contributed by atoms with Gasteiger partial charge in [-0.05, 0) is 54.8 Å². The molecule has 0 unspecified atom stereocenters. The second kappa shape index (κ2) is 7.36. The molecule has 1 aromatic carbocycles. The predicted molar refractivity (Wildman–Crippen MR) is 82.2 cm³/mol. The maximum Gasteiger partial charge on any atom is 0 e. The molecule has 108 valence electrons. The van der Waals surface area contributed by atoms with Crippen molar-refractivity contribution >= 4 is 13.2 Å². The first kappa shape index (κ1) is 15.7. The molecule has 2 heteroatoms. The Balaban J connectivity index is 0.00000133. The van der Waals surface area contributed by atoms with E-state index in [1.54, 1.807) is 10.9 Å². The molecule has 0 aromatic heterocycles. The van der Waals surface area contributed by atoms with Crippen LogP contribution in [0.3, 0.4) is 0 Å². The molecule has 3 rings (SSSR count). The summed E-state index contributed by atoms with van der Waals surface area (Å²) in [6.45, 7) is 2.33. The second-order valence-corrected chi connectivity index (χ2v) is 8.83. The molecule has 2 aliphatic carbocycles. The Morgan fingerprint density at radius 1 is 0.842 bits per heavy atom. The molecule has 1 aromatic rings. The van der Waals surface area contributed by atoms with Crippen LogP contribution in [0.5, 0.6) is 0 Å². The molecule has 0 radical (unpaired) electrons. The van der Waals surface area contributed by atoms with Crippen molar-refractivity contribution < 1.29 is 20.4 Å². The second-order valence-electron chi connectivity index (χ2n) is 6.07. The van der Waals surface area contributed by atoms with Gasteiger partial charge in [-0.3, -0.25) is 0 Å². The zero-order chi connectivity index (χ0) is 12.4. The molecule has 2 fully saturated rings.